The topological polar surface area (TPSA) is 50.2 Å². The zero-order valence-electron chi connectivity index (χ0n) is 13.7. The van der Waals surface area contributed by atoms with E-state index in [0.29, 0.717) is 19.0 Å². The minimum atomic E-state index is -0.0452. The highest BCUT2D eigenvalue weighted by molar-refractivity contribution is 5.89. The average Bonchev–Trinajstić information content (AvgIpc) is 3.30. The van der Waals surface area contributed by atoms with Gasteiger partial charge in [-0.2, -0.15) is 0 Å². The van der Waals surface area contributed by atoms with E-state index in [0.717, 1.165) is 11.5 Å². The van der Waals surface area contributed by atoms with Crippen LogP contribution in [-0.2, 0) is 0 Å². The normalized spacial score (nSPS) is 20.6. The van der Waals surface area contributed by atoms with E-state index >= 15 is 0 Å². The molecule has 5 nitrogen and oxygen atoms in total. The number of hydrogen-bond donors (Lipinski definition) is 1. The fourth-order valence-electron chi connectivity index (χ4n) is 4.08. The van der Waals surface area contributed by atoms with Crippen molar-refractivity contribution in [3.63, 3.8) is 0 Å². The van der Waals surface area contributed by atoms with Crippen LogP contribution in [0.3, 0.4) is 0 Å². The van der Waals surface area contributed by atoms with E-state index in [9.17, 15) is 4.79 Å². The van der Waals surface area contributed by atoms with Crippen LogP contribution >= 0.6 is 0 Å². The lowest BCUT2D eigenvalue weighted by Gasteiger charge is -2.28. The highest BCUT2D eigenvalue weighted by Gasteiger charge is 2.43. The molecule has 0 spiro atoms. The number of carbonyl (C=O) groups is 1. The minimum absolute atomic E-state index is 0.0452. The Balaban J connectivity index is 1.46. The third kappa shape index (κ3) is 2.23. The van der Waals surface area contributed by atoms with Crippen LogP contribution in [0.4, 0.5) is 10.5 Å². The van der Waals surface area contributed by atoms with Gasteiger partial charge in [0.05, 0.1) is 5.69 Å². The Bertz CT molecular complexity index is 934. The van der Waals surface area contributed by atoms with Crippen LogP contribution in [-0.4, -0.2) is 33.6 Å². The zero-order valence-corrected chi connectivity index (χ0v) is 13.7. The number of anilines is 1. The number of para-hydroxylation sites is 2. The molecule has 124 valence electrons. The van der Waals surface area contributed by atoms with Crippen molar-refractivity contribution in [2.45, 2.75) is 11.8 Å². The van der Waals surface area contributed by atoms with Crippen molar-refractivity contribution in [2.24, 2.45) is 0 Å². The van der Waals surface area contributed by atoms with E-state index < -0.39 is 0 Å². The maximum absolute atomic E-state index is 12.7. The number of likely N-dealkylation sites (tertiary alicyclic amines) is 1. The molecule has 1 aromatic heterocycles. The first-order chi connectivity index (χ1) is 12.3. The maximum Gasteiger partial charge on any atom is 0.321 e. The van der Waals surface area contributed by atoms with Gasteiger partial charge in [0.25, 0.3) is 0 Å². The molecule has 2 amide bonds. The van der Waals surface area contributed by atoms with Gasteiger partial charge in [0.15, 0.2) is 0 Å². The van der Waals surface area contributed by atoms with E-state index in [1.807, 2.05) is 47.6 Å². The highest BCUT2D eigenvalue weighted by atomic mass is 16.2. The molecule has 2 aromatic carbocycles. The molecule has 1 N–H and O–H groups in total. The number of urea groups is 1. The summed E-state index contributed by atoms with van der Waals surface area (Å²) in [7, 11) is 0. The van der Waals surface area contributed by atoms with E-state index in [2.05, 4.69) is 39.1 Å². The van der Waals surface area contributed by atoms with Crippen LogP contribution in [0.2, 0.25) is 0 Å². The SMILES string of the molecule is O=C(Nc1ccccc1)N1C[C@@H]2c3nccn3-c3ccccc3[C@@H]2C1. The van der Waals surface area contributed by atoms with Crippen LogP contribution in [0, 0.1) is 0 Å². The van der Waals surface area contributed by atoms with E-state index in [4.69, 9.17) is 0 Å². The Morgan fingerprint density at radius 3 is 2.64 bits per heavy atom. The predicted molar refractivity (Wildman–Crippen MR) is 96.1 cm³/mol. The Morgan fingerprint density at radius 1 is 1.00 bits per heavy atom. The van der Waals surface area contributed by atoms with Crippen molar-refractivity contribution in [3.8, 4) is 5.69 Å². The number of nitrogens with one attached hydrogen (secondary N) is 1. The number of imidazole rings is 1. The third-order valence-corrected chi connectivity index (χ3v) is 5.23. The number of carbonyl (C=O) groups excluding carboxylic acids is 1. The Hall–Kier alpha value is -3.08. The molecule has 2 aliphatic rings. The molecule has 0 bridgehead atoms. The largest absolute Gasteiger partial charge is 0.323 e. The number of nitrogens with zero attached hydrogens (tertiary/aromatic N) is 3. The van der Waals surface area contributed by atoms with Crippen LogP contribution in [0.15, 0.2) is 67.0 Å². The van der Waals surface area contributed by atoms with Crippen molar-refractivity contribution in [1.29, 1.82) is 0 Å². The first-order valence-electron chi connectivity index (χ1n) is 8.55. The van der Waals surface area contributed by atoms with Crippen LogP contribution < -0.4 is 5.32 Å². The van der Waals surface area contributed by atoms with Gasteiger partial charge >= 0.3 is 6.03 Å². The van der Waals surface area contributed by atoms with Gasteiger partial charge in [0, 0.05) is 43.0 Å². The zero-order chi connectivity index (χ0) is 16.8. The molecule has 3 heterocycles. The number of aromatic nitrogens is 2. The maximum atomic E-state index is 12.7. The summed E-state index contributed by atoms with van der Waals surface area (Å²) in [5.41, 5.74) is 3.30. The monoisotopic (exact) mass is 330 g/mol. The van der Waals surface area contributed by atoms with Crippen LogP contribution in [0.1, 0.15) is 23.2 Å². The fourth-order valence-corrected chi connectivity index (χ4v) is 4.08. The second-order valence-corrected chi connectivity index (χ2v) is 6.63. The molecule has 0 aliphatic carbocycles. The molecule has 3 aromatic rings. The summed E-state index contributed by atoms with van der Waals surface area (Å²) >= 11 is 0. The van der Waals surface area contributed by atoms with Crippen molar-refractivity contribution in [3.05, 3.63) is 78.4 Å². The van der Waals surface area contributed by atoms with Gasteiger partial charge in [0.2, 0.25) is 0 Å². The highest BCUT2D eigenvalue weighted by Crippen LogP contribution is 2.45. The first-order valence-corrected chi connectivity index (χ1v) is 8.55. The third-order valence-electron chi connectivity index (χ3n) is 5.23. The lowest BCUT2D eigenvalue weighted by Crippen LogP contribution is -2.33. The summed E-state index contributed by atoms with van der Waals surface area (Å²) in [4.78, 5) is 19.2. The second kappa shape index (κ2) is 5.48. The summed E-state index contributed by atoms with van der Waals surface area (Å²) in [6.07, 6.45) is 3.86. The van der Waals surface area contributed by atoms with Gasteiger partial charge in [-0.3, -0.25) is 0 Å². The lowest BCUT2D eigenvalue weighted by atomic mass is 9.84. The van der Waals surface area contributed by atoms with Crippen molar-refractivity contribution in [2.75, 3.05) is 18.4 Å². The summed E-state index contributed by atoms with van der Waals surface area (Å²) in [5, 5.41) is 3.00. The van der Waals surface area contributed by atoms with Gasteiger partial charge in [-0.05, 0) is 23.8 Å². The van der Waals surface area contributed by atoms with Crippen LogP contribution in [0.5, 0.6) is 0 Å². The molecule has 5 rings (SSSR count). The second-order valence-electron chi connectivity index (χ2n) is 6.63. The molecule has 25 heavy (non-hydrogen) atoms. The number of hydrogen-bond acceptors (Lipinski definition) is 2. The van der Waals surface area contributed by atoms with Crippen molar-refractivity contribution < 1.29 is 4.79 Å². The Labute approximate surface area is 145 Å². The molecular formula is C20H18N4O. The Morgan fingerprint density at radius 2 is 1.76 bits per heavy atom. The quantitative estimate of drug-likeness (QED) is 0.741. The summed E-state index contributed by atoms with van der Waals surface area (Å²) in [6.45, 7) is 1.40. The van der Waals surface area contributed by atoms with Gasteiger partial charge in [0.1, 0.15) is 5.82 Å². The van der Waals surface area contributed by atoms with E-state index in [-0.39, 0.29) is 11.9 Å². The van der Waals surface area contributed by atoms with Gasteiger partial charge in [-0.25, -0.2) is 9.78 Å². The van der Waals surface area contributed by atoms with Gasteiger partial charge in [-0.1, -0.05) is 36.4 Å². The minimum Gasteiger partial charge on any atom is -0.323 e. The van der Waals surface area contributed by atoms with Crippen molar-refractivity contribution >= 4 is 11.7 Å². The number of rotatable bonds is 1. The number of benzene rings is 2. The molecular weight excluding hydrogens is 312 g/mol. The van der Waals surface area contributed by atoms with E-state index in [1.54, 1.807) is 0 Å². The average molecular weight is 330 g/mol. The number of amides is 2. The van der Waals surface area contributed by atoms with E-state index in [1.165, 1.54) is 11.3 Å². The smallest absolute Gasteiger partial charge is 0.321 e. The summed E-state index contributed by atoms with van der Waals surface area (Å²) in [5.74, 6) is 1.60. The van der Waals surface area contributed by atoms with Crippen LogP contribution in [0.25, 0.3) is 5.69 Å². The fraction of sp³-hybridized carbons (Fsp3) is 0.200. The summed E-state index contributed by atoms with van der Waals surface area (Å²) < 4.78 is 2.16. The van der Waals surface area contributed by atoms with Crippen molar-refractivity contribution in [1.82, 2.24) is 14.5 Å². The van der Waals surface area contributed by atoms with Gasteiger partial charge in [-0.15, -0.1) is 0 Å². The molecule has 1 fully saturated rings. The molecule has 0 radical (unpaired) electrons. The molecule has 2 aliphatic heterocycles. The molecule has 1 saturated heterocycles. The molecule has 5 heteroatoms. The van der Waals surface area contributed by atoms with Gasteiger partial charge < -0.3 is 14.8 Å². The lowest BCUT2D eigenvalue weighted by molar-refractivity contribution is 0.221. The summed E-state index contributed by atoms with van der Waals surface area (Å²) in [6, 6.07) is 18.0. The molecule has 0 saturated carbocycles. The molecule has 2 atom stereocenters. The Kier molecular flexibility index (Phi) is 3.13. The standard InChI is InChI=1S/C20H18N4O/c25-20(22-14-6-2-1-3-7-14)23-12-16-15-8-4-5-9-18(15)24-11-10-21-19(24)17(16)13-23/h1-11,16-17H,12-13H2,(H,22,25)/t16-,17-/m0/s1. The predicted octanol–water partition coefficient (Wildman–Crippen LogP) is 3.60. The first kappa shape index (κ1) is 14.3. The molecule has 0 unspecified atom stereocenters. The number of fused-ring (bicyclic) bond motifs is 6.